The molecule has 1 aliphatic rings. The fourth-order valence-corrected chi connectivity index (χ4v) is 3.80. The second-order valence-electron chi connectivity index (χ2n) is 5.57. The Morgan fingerprint density at radius 1 is 1.43 bits per heavy atom. The monoisotopic (exact) mass is 306 g/mol. The molecule has 3 rings (SSSR count). The Morgan fingerprint density at radius 3 is 2.90 bits per heavy atom. The van der Waals surface area contributed by atoms with Crippen LogP contribution in [0, 0.1) is 5.92 Å². The number of rotatable bonds is 5. The lowest BCUT2D eigenvalue weighted by atomic mass is 9.90. The van der Waals surface area contributed by atoms with Crippen molar-refractivity contribution in [2.24, 2.45) is 5.92 Å². The smallest absolute Gasteiger partial charge is 0.140 e. The van der Waals surface area contributed by atoms with E-state index in [0.717, 1.165) is 49.7 Å². The molecule has 1 atom stereocenters. The van der Waals surface area contributed by atoms with Gasteiger partial charge >= 0.3 is 0 Å². The molecule has 0 aliphatic carbocycles. The predicted octanol–water partition coefficient (Wildman–Crippen LogP) is 2.31. The maximum atomic E-state index is 10.4. The van der Waals surface area contributed by atoms with Crippen LogP contribution in [0.1, 0.15) is 36.6 Å². The van der Waals surface area contributed by atoms with Crippen LogP contribution in [-0.2, 0) is 13.1 Å². The highest BCUT2D eigenvalue weighted by Crippen LogP contribution is 2.33. The number of hydrogen-bond donors (Lipinski definition) is 1. The van der Waals surface area contributed by atoms with E-state index in [4.69, 9.17) is 0 Å². The standard InChI is InChI=1S/C15H22N4OS/c1-2-19-14(16-11-17-19)10-18-7-5-12(6-8-18)15(20)13-4-3-9-21-13/h3-4,9,11-12,15,20H,2,5-8,10H2,1H3. The first-order valence-electron chi connectivity index (χ1n) is 7.58. The Hall–Kier alpha value is -1.24. The summed E-state index contributed by atoms with van der Waals surface area (Å²) in [4.78, 5) is 7.85. The second kappa shape index (κ2) is 6.68. The van der Waals surface area contributed by atoms with Gasteiger partial charge in [-0.25, -0.2) is 9.67 Å². The average Bonchev–Trinajstić information content (AvgIpc) is 3.18. The lowest BCUT2D eigenvalue weighted by molar-refractivity contribution is 0.0579. The molecule has 1 fully saturated rings. The van der Waals surface area contributed by atoms with Gasteiger partial charge in [0.2, 0.25) is 0 Å². The van der Waals surface area contributed by atoms with E-state index < -0.39 is 0 Å². The summed E-state index contributed by atoms with van der Waals surface area (Å²) in [5.74, 6) is 1.42. The zero-order chi connectivity index (χ0) is 14.7. The van der Waals surface area contributed by atoms with Gasteiger partial charge < -0.3 is 5.11 Å². The van der Waals surface area contributed by atoms with Gasteiger partial charge in [-0.2, -0.15) is 5.10 Å². The Bertz CT molecular complexity index is 546. The van der Waals surface area contributed by atoms with E-state index in [9.17, 15) is 5.11 Å². The maximum absolute atomic E-state index is 10.4. The molecule has 1 unspecified atom stereocenters. The summed E-state index contributed by atoms with van der Waals surface area (Å²) in [7, 11) is 0. The molecule has 0 spiro atoms. The van der Waals surface area contributed by atoms with Crippen molar-refractivity contribution in [2.45, 2.75) is 39.0 Å². The third-order valence-electron chi connectivity index (χ3n) is 4.27. The third kappa shape index (κ3) is 3.33. The normalized spacial score (nSPS) is 19.0. The minimum atomic E-state index is -0.300. The van der Waals surface area contributed by atoms with Crippen molar-refractivity contribution in [3.63, 3.8) is 0 Å². The number of hydrogen-bond acceptors (Lipinski definition) is 5. The van der Waals surface area contributed by atoms with Crippen molar-refractivity contribution in [2.75, 3.05) is 13.1 Å². The Labute approximate surface area is 129 Å². The van der Waals surface area contributed by atoms with Crippen molar-refractivity contribution in [1.82, 2.24) is 19.7 Å². The molecule has 6 heteroatoms. The van der Waals surface area contributed by atoms with E-state index in [2.05, 4.69) is 21.9 Å². The Kier molecular flexibility index (Phi) is 4.67. The molecule has 0 bridgehead atoms. The number of nitrogens with zero attached hydrogens (tertiary/aromatic N) is 4. The van der Waals surface area contributed by atoms with E-state index in [0.29, 0.717) is 5.92 Å². The molecular formula is C15H22N4OS. The van der Waals surface area contributed by atoms with Crippen LogP contribution in [0.25, 0.3) is 0 Å². The van der Waals surface area contributed by atoms with Crippen LogP contribution in [0.15, 0.2) is 23.8 Å². The van der Waals surface area contributed by atoms with Crippen LogP contribution in [0.3, 0.4) is 0 Å². The van der Waals surface area contributed by atoms with Gasteiger partial charge in [0, 0.05) is 11.4 Å². The topological polar surface area (TPSA) is 54.2 Å². The first-order chi connectivity index (χ1) is 10.3. The summed E-state index contributed by atoms with van der Waals surface area (Å²) in [6.07, 6.45) is 3.41. The van der Waals surface area contributed by atoms with Crippen molar-refractivity contribution >= 4 is 11.3 Å². The van der Waals surface area contributed by atoms with Crippen LogP contribution in [0.5, 0.6) is 0 Å². The van der Waals surface area contributed by atoms with E-state index in [1.54, 1.807) is 17.7 Å². The van der Waals surface area contributed by atoms with Crippen LogP contribution >= 0.6 is 11.3 Å². The number of aromatic nitrogens is 3. The SMILES string of the molecule is CCn1ncnc1CN1CCC(C(O)c2cccs2)CC1. The van der Waals surface area contributed by atoms with Crippen LogP contribution < -0.4 is 0 Å². The van der Waals surface area contributed by atoms with Crippen molar-refractivity contribution in [3.8, 4) is 0 Å². The highest BCUT2D eigenvalue weighted by Gasteiger charge is 2.27. The molecule has 2 aromatic heterocycles. The lowest BCUT2D eigenvalue weighted by Crippen LogP contribution is -2.35. The van der Waals surface area contributed by atoms with Crippen LogP contribution in [0.4, 0.5) is 0 Å². The lowest BCUT2D eigenvalue weighted by Gasteiger charge is -2.33. The van der Waals surface area contributed by atoms with E-state index >= 15 is 0 Å². The van der Waals surface area contributed by atoms with Crippen molar-refractivity contribution < 1.29 is 5.11 Å². The Morgan fingerprint density at radius 2 is 2.24 bits per heavy atom. The maximum Gasteiger partial charge on any atom is 0.140 e. The summed E-state index contributed by atoms with van der Waals surface area (Å²) in [6, 6.07) is 4.04. The van der Waals surface area contributed by atoms with E-state index in [1.165, 1.54) is 0 Å². The number of aryl methyl sites for hydroxylation is 1. The molecule has 5 nitrogen and oxygen atoms in total. The fraction of sp³-hybridized carbons (Fsp3) is 0.600. The first kappa shape index (κ1) is 14.7. The molecule has 0 aromatic carbocycles. The van der Waals surface area contributed by atoms with Gasteiger partial charge in [0.15, 0.2) is 0 Å². The number of piperidine rings is 1. The average molecular weight is 306 g/mol. The number of thiophene rings is 1. The number of aliphatic hydroxyl groups excluding tert-OH is 1. The largest absolute Gasteiger partial charge is 0.387 e. The van der Waals surface area contributed by atoms with Crippen molar-refractivity contribution in [3.05, 3.63) is 34.5 Å². The summed E-state index contributed by atoms with van der Waals surface area (Å²) >= 11 is 1.65. The van der Waals surface area contributed by atoms with Gasteiger partial charge in [0.1, 0.15) is 12.2 Å². The number of aliphatic hydroxyl groups is 1. The van der Waals surface area contributed by atoms with E-state index in [1.807, 2.05) is 22.2 Å². The molecular weight excluding hydrogens is 284 g/mol. The molecule has 21 heavy (non-hydrogen) atoms. The minimum absolute atomic E-state index is 0.300. The fourth-order valence-electron chi connectivity index (χ4n) is 2.99. The zero-order valence-electron chi connectivity index (χ0n) is 12.4. The van der Waals surface area contributed by atoms with Crippen LogP contribution in [-0.4, -0.2) is 37.9 Å². The summed E-state index contributed by atoms with van der Waals surface area (Å²) in [5.41, 5.74) is 0. The predicted molar refractivity (Wildman–Crippen MR) is 83.0 cm³/mol. The first-order valence-corrected chi connectivity index (χ1v) is 8.46. The van der Waals surface area contributed by atoms with Gasteiger partial charge in [-0.3, -0.25) is 4.90 Å². The quantitative estimate of drug-likeness (QED) is 0.921. The molecule has 0 saturated carbocycles. The van der Waals surface area contributed by atoms with E-state index in [-0.39, 0.29) is 6.10 Å². The molecule has 3 heterocycles. The molecule has 114 valence electrons. The molecule has 0 radical (unpaired) electrons. The summed E-state index contributed by atoms with van der Waals surface area (Å²) in [6.45, 7) is 5.84. The second-order valence-corrected chi connectivity index (χ2v) is 6.55. The Balaban J connectivity index is 1.53. The van der Waals surface area contributed by atoms with Gasteiger partial charge in [0.05, 0.1) is 12.6 Å². The van der Waals surface area contributed by atoms with Gasteiger partial charge in [-0.15, -0.1) is 11.3 Å². The molecule has 1 aliphatic heterocycles. The molecule has 2 aromatic rings. The zero-order valence-corrected chi connectivity index (χ0v) is 13.2. The van der Waals surface area contributed by atoms with Gasteiger partial charge in [-0.05, 0) is 50.2 Å². The van der Waals surface area contributed by atoms with Crippen LogP contribution in [0.2, 0.25) is 0 Å². The number of likely N-dealkylation sites (tertiary alicyclic amines) is 1. The molecule has 1 saturated heterocycles. The highest BCUT2D eigenvalue weighted by atomic mass is 32.1. The summed E-state index contributed by atoms with van der Waals surface area (Å²) < 4.78 is 1.95. The molecule has 0 amide bonds. The minimum Gasteiger partial charge on any atom is -0.387 e. The van der Waals surface area contributed by atoms with Gasteiger partial charge in [-0.1, -0.05) is 6.07 Å². The molecule has 1 N–H and O–H groups in total. The van der Waals surface area contributed by atoms with Crippen molar-refractivity contribution in [1.29, 1.82) is 0 Å². The van der Waals surface area contributed by atoms with Gasteiger partial charge in [0.25, 0.3) is 0 Å². The highest BCUT2D eigenvalue weighted by molar-refractivity contribution is 7.10. The third-order valence-corrected chi connectivity index (χ3v) is 5.22. The summed E-state index contributed by atoms with van der Waals surface area (Å²) in [5, 5.41) is 16.7.